The van der Waals surface area contributed by atoms with Crippen molar-refractivity contribution in [2.75, 3.05) is 12.8 Å². The molecule has 0 atom stereocenters. The minimum atomic E-state index is 0.0445. The molecule has 1 aromatic heterocycles. The second-order valence-corrected chi connectivity index (χ2v) is 4.34. The van der Waals surface area contributed by atoms with E-state index in [1.165, 1.54) is 6.42 Å². The topological polar surface area (TPSA) is 63.9 Å². The summed E-state index contributed by atoms with van der Waals surface area (Å²) in [5, 5.41) is 7.09. The number of ether oxygens (including phenoxy) is 1. The molecule has 0 bridgehead atoms. The van der Waals surface area contributed by atoms with Crippen molar-refractivity contribution in [3.8, 4) is 0 Å². The Labute approximate surface area is 90.2 Å². The van der Waals surface area contributed by atoms with Crippen LogP contribution < -0.4 is 5.73 Å². The molecule has 15 heavy (non-hydrogen) atoms. The van der Waals surface area contributed by atoms with Gasteiger partial charge in [0.05, 0.1) is 5.60 Å². The minimum Gasteiger partial charge on any atom is -0.382 e. The van der Waals surface area contributed by atoms with E-state index in [1.807, 2.05) is 0 Å². The Bertz CT molecular complexity index is 336. The van der Waals surface area contributed by atoms with Gasteiger partial charge in [-0.2, -0.15) is 5.10 Å². The Kier molecular flexibility index (Phi) is 2.69. The highest BCUT2D eigenvalue weighted by molar-refractivity contribution is 5.42. The number of nitrogens with one attached hydrogen (secondary N) is 1. The maximum absolute atomic E-state index is 5.79. The van der Waals surface area contributed by atoms with Gasteiger partial charge in [-0.15, -0.1) is 0 Å². The molecule has 3 N–H and O–H groups in total. The summed E-state index contributed by atoms with van der Waals surface area (Å²) >= 11 is 0. The van der Waals surface area contributed by atoms with Crippen molar-refractivity contribution >= 4 is 5.82 Å². The quantitative estimate of drug-likeness (QED) is 0.792. The number of anilines is 1. The number of nitrogen functional groups attached to an aromatic ring is 1. The summed E-state index contributed by atoms with van der Waals surface area (Å²) in [5.41, 5.74) is 8.13. The molecular weight excluding hydrogens is 190 g/mol. The fraction of sp³-hybridized carbons (Fsp3) is 0.727. The number of hydrogen-bond donors (Lipinski definition) is 2. The number of nitrogens with zero attached hydrogens (tertiary/aromatic N) is 1. The largest absolute Gasteiger partial charge is 0.382 e. The number of methoxy groups -OCH3 is 1. The van der Waals surface area contributed by atoms with E-state index in [-0.39, 0.29) is 5.60 Å². The molecule has 1 aliphatic rings. The smallest absolute Gasteiger partial charge is 0.148 e. The highest BCUT2D eigenvalue weighted by Crippen LogP contribution is 2.38. The van der Waals surface area contributed by atoms with Crippen LogP contribution in [0.1, 0.15) is 37.4 Å². The zero-order valence-corrected chi connectivity index (χ0v) is 9.47. The first-order valence-electron chi connectivity index (χ1n) is 5.57. The first kappa shape index (κ1) is 10.5. The summed E-state index contributed by atoms with van der Waals surface area (Å²) in [6.07, 6.45) is 5.39. The first-order chi connectivity index (χ1) is 7.21. The lowest BCUT2D eigenvalue weighted by Crippen LogP contribution is -2.41. The van der Waals surface area contributed by atoms with E-state index in [2.05, 4.69) is 17.1 Å². The van der Waals surface area contributed by atoms with Gasteiger partial charge in [0.1, 0.15) is 5.82 Å². The molecule has 0 amide bonds. The van der Waals surface area contributed by atoms with Crippen molar-refractivity contribution in [2.24, 2.45) is 0 Å². The molecule has 0 unspecified atom stereocenters. The first-order valence-corrected chi connectivity index (χ1v) is 5.57. The summed E-state index contributed by atoms with van der Waals surface area (Å²) < 4.78 is 5.60. The van der Waals surface area contributed by atoms with E-state index in [0.717, 1.165) is 36.9 Å². The van der Waals surface area contributed by atoms with Crippen LogP contribution in [0.2, 0.25) is 0 Å². The molecule has 1 saturated carbocycles. The second kappa shape index (κ2) is 3.85. The Hall–Kier alpha value is -1.03. The number of H-pyrrole nitrogens is 1. The molecule has 0 spiro atoms. The number of nitrogens with two attached hydrogens (primary N) is 1. The Morgan fingerprint density at radius 2 is 2.27 bits per heavy atom. The van der Waals surface area contributed by atoms with E-state index in [9.17, 15) is 0 Å². The number of aromatic amines is 1. The molecule has 1 aromatic rings. The number of rotatable bonds is 4. The van der Waals surface area contributed by atoms with Crippen molar-refractivity contribution < 1.29 is 4.74 Å². The summed E-state index contributed by atoms with van der Waals surface area (Å²) in [4.78, 5) is 0. The van der Waals surface area contributed by atoms with Gasteiger partial charge in [0.2, 0.25) is 0 Å². The van der Waals surface area contributed by atoms with Gasteiger partial charge in [0.25, 0.3) is 0 Å². The van der Waals surface area contributed by atoms with E-state index in [1.54, 1.807) is 7.11 Å². The summed E-state index contributed by atoms with van der Waals surface area (Å²) in [7, 11) is 1.80. The van der Waals surface area contributed by atoms with Gasteiger partial charge in [-0.1, -0.05) is 6.92 Å². The third-order valence-corrected chi connectivity index (χ3v) is 3.54. The maximum atomic E-state index is 5.79. The van der Waals surface area contributed by atoms with E-state index in [0.29, 0.717) is 5.82 Å². The van der Waals surface area contributed by atoms with Crippen molar-refractivity contribution in [2.45, 2.75) is 44.6 Å². The molecule has 1 aliphatic carbocycles. The van der Waals surface area contributed by atoms with Crippen LogP contribution in [0.25, 0.3) is 0 Å². The molecule has 1 fully saturated rings. The fourth-order valence-electron chi connectivity index (χ4n) is 2.30. The van der Waals surface area contributed by atoms with Gasteiger partial charge in [0.15, 0.2) is 0 Å². The maximum Gasteiger partial charge on any atom is 0.148 e. The molecule has 1 heterocycles. The predicted molar refractivity (Wildman–Crippen MR) is 59.7 cm³/mol. The van der Waals surface area contributed by atoms with Crippen LogP contribution in [0.5, 0.6) is 0 Å². The van der Waals surface area contributed by atoms with Gasteiger partial charge >= 0.3 is 0 Å². The van der Waals surface area contributed by atoms with E-state index < -0.39 is 0 Å². The minimum absolute atomic E-state index is 0.0445. The normalized spacial score (nSPS) is 18.8. The Morgan fingerprint density at radius 3 is 2.73 bits per heavy atom. The molecule has 0 aliphatic heterocycles. The summed E-state index contributed by atoms with van der Waals surface area (Å²) in [6.45, 7) is 2.10. The van der Waals surface area contributed by atoms with Crippen molar-refractivity contribution in [3.05, 3.63) is 11.3 Å². The van der Waals surface area contributed by atoms with Crippen LogP contribution in [-0.2, 0) is 17.6 Å². The van der Waals surface area contributed by atoms with Crippen molar-refractivity contribution in [1.29, 1.82) is 0 Å². The van der Waals surface area contributed by atoms with Crippen LogP contribution in [0.3, 0.4) is 0 Å². The molecule has 2 rings (SSSR count). The standard InChI is InChI=1S/C11H19N3O/c1-3-8-9(13-14-10(8)12)7-11(15-2)5-4-6-11/h3-7H2,1-2H3,(H3,12,13,14). The molecule has 4 nitrogen and oxygen atoms in total. The number of hydrogen-bond acceptors (Lipinski definition) is 3. The lowest BCUT2D eigenvalue weighted by Gasteiger charge is -2.40. The molecule has 84 valence electrons. The summed E-state index contributed by atoms with van der Waals surface area (Å²) in [5.74, 6) is 0.637. The lowest BCUT2D eigenvalue weighted by atomic mass is 9.76. The van der Waals surface area contributed by atoms with Crippen LogP contribution in [0, 0.1) is 0 Å². The Morgan fingerprint density at radius 1 is 1.53 bits per heavy atom. The van der Waals surface area contributed by atoms with Gasteiger partial charge in [-0.25, -0.2) is 0 Å². The monoisotopic (exact) mass is 209 g/mol. The van der Waals surface area contributed by atoms with Crippen LogP contribution >= 0.6 is 0 Å². The highest BCUT2D eigenvalue weighted by atomic mass is 16.5. The molecule has 0 radical (unpaired) electrons. The highest BCUT2D eigenvalue weighted by Gasteiger charge is 2.38. The van der Waals surface area contributed by atoms with Crippen molar-refractivity contribution in [3.63, 3.8) is 0 Å². The fourth-order valence-corrected chi connectivity index (χ4v) is 2.30. The van der Waals surface area contributed by atoms with E-state index in [4.69, 9.17) is 10.5 Å². The summed E-state index contributed by atoms with van der Waals surface area (Å²) in [6, 6.07) is 0. The average molecular weight is 209 g/mol. The molecule has 0 aromatic carbocycles. The Balaban J connectivity index is 2.16. The van der Waals surface area contributed by atoms with Gasteiger partial charge in [-0.3, -0.25) is 5.10 Å². The number of aromatic nitrogens is 2. The van der Waals surface area contributed by atoms with E-state index >= 15 is 0 Å². The molecule has 4 heteroatoms. The van der Waals surface area contributed by atoms with Crippen LogP contribution in [-0.4, -0.2) is 22.9 Å². The molecule has 0 saturated heterocycles. The third kappa shape index (κ3) is 1.74. The van der Waals surface area contributed by atoms with Gasteiger partial charge in [0, 0.05) is 24.8 Å². The zero-order valence-electron chi connectivity index (χ0n) is 9.47. The lowest BCUT2D eigenvalue weighted by molar-refractivity contribution is -0.0715. The molecular formula is C11H19N3O. The van der Waals surface area contributed by atoms with Crippen molar-refractivity contribution in [1.82, 2.24) is 10.2 Å². The van der Waals surface area contributed by atoms with Gasteiger partial charge < -0.3 is 10.5 Å². The zero-order chi connectivity index (χ0) is 10.9. The van der Waals surface area contributed by atoms with Crippen LogP contribution in [0.15, 0.2) is 0 Å². The van der Waals surface area contributed by atoms with Crippen LogP contribution in [0.4, 0.5) is 5.82 Å². The average Bonchev–Trinajstić information content (AvgIpc) is 2.53. The predicted octanol–water partition coefficient (Wildman–Crippen LogP) is 1.67. The second-order valence-electron chi connectivity index (χ2n) is 4.34. The third-order valence-electron chi connectivity index (χ3n) is 3.54. The SMILES string of the molecule is CCc1c(N)n[nH]c1CC1(OC)CCC1. The van der Waals surface area contributed by atoms with Gasteiger partial charge in [-0.05, 0) is 25.7 Å².